The number of rotatable bonds is 4. The van der Waals surface area contributed by atoms with Gasteiger partial charge in [0.1, 0.15) is 12.4 Å². The Kier molecular flexibility index (Phi) is 5.26. The SMILES string of the molecule is Cc1nc(C(=O)N[C@@]2(C)CCOC3(CCN(Cc4cnsc4)CC3)[C@@H]2O)co1. The van der Waals surface area contributed by atoms with Crippen molar-refractivity contribution in [2.24, 2.45) is 0 Å². The van der Waals surface area contributed by atoms with E-state index < -0.39 is 17.2 Å². The van der Waals surface area contributed by atoms with Gasteiger partial charge in [-0.3, -0.25) is 9.69 Å². The van der Waals surface area contributed by atoms with Crippen LogP contribution in [0.5, 0.6) is 0 Å². The van der Waals surface area contributed by atoms with Crippen LogP contribution in [-0.4, -0.2) is 62.2 Å². The molecule has 2 atom stereocenters. The molecule has 2 saturated heterocycles. The van der Waals surface area contributed by atoms with Crippen LogP contribution in [0.4, 0.5) is 0 Å². The topological polar surface area (TPSA) is 101 Å². The highest BCUT2D eigenvalue weighted by Gasteiger charge is 2.53. The summed E-state index contributed by atoms with van der Waals surface area (Å²) < 4.78 is 15.4. The highest BCUT2D eigenvalue weighted by molar-refractivity contribution is 7.03. The Morgan fingerprint density at radius 1 is 1.43 bits per heavy atom. The molecule has 1 spiro atoms. The van der Waals surface area contributed by atoms with Crippen molar-refractivity contribution in [2.75, 3.05) is 19.7 Å². The van der Waals surface area contributed by atoms with Crippen LogP contribution in [0.2, 0.25) is 0 Å². The fourth-order valence-electron chi connectivity index (χ4n) is 4.25. The van der Waals surface area contributed by atoms with Gasteiger partial charge in [0.15, 0.2) is 11.6 Å². The largest absolute Gasteiger partial charge is 0.448 e. The maximum absolute atomic E-state index is 12.6. The van der Waals surface area contributed by atoms with Gasteiger partial charge in [0, 0.05) is 44.7 Å². The lowest BCUT2D eigenvalue weighted by Crippen LogP contribution is -2.69. The number of carbonyl (C=O) groups excluding carboxylic acids is 1. The molecular weight excluding hydrogens is 380 g/mol. The van der Waals surface area contributed by atoms with Crippen LogP contribution in [0, 0.1) is 6.92 Å². The van der Waals surface area contributed by atoms with Crippen LogP contribution in [0.25, 0.3) is 0 Å². The first-order valence-electron chi connectivity index (χ1n) is 9.57. The molecule has 4 rings (SSSR count). The van der Waals surface area contributed by atoms with E-state index in [0.717, 1.165) is 32.5 Å². The minimum Gasteiger partial charge on any atom is -0.448 e. The van der Waals surface area contributed by atoms with Crippen LogP contribution in [0.3, 0.4) is 0 Å². The molecule has 0 bridgehead atoms. The maximum Gasteiger partial charge on any atom is 0.273 e. The van der Waals surface area contributed by atoms with Gasteiger partial charge < -0.3 is 19.6 Å². The van der Waals surface area contributed by atoms with E-state index in [1.807, 2.05) is 13.1 Å². The van der Waals surface area contributed by atoms with Crippen molar-refractivity contribution in [1.29, 1.82) is 0 Å². The molecule has 1 amide bonds. The smallest absolute Gasteiger partial charge is 0.273 e. The normalized spacial score (nSPS) is 27.8. The number of amides is 1. The minimum atomic E-state index is -0.796. The number of carbonyl (C=O) groups is 1. The predicted molar refractivity (Wildman–Crippen MR) is 103 cm³/mol. The van der Waals surface area contributed by atoms with E-state index in [0.29, 0.717) is 18.9 Å². The van der Waals surface area contributed by atoms with Gasteiger partial charge in [0.25, 0.3) is 5.91 Å². The Morgan fingerprint density at radius 3 is 2.86 bits per heavy atom. The van der Waals surface area contributed by atoms with E-state index in [1.54, 1.807) is 6.92 Å². The van der Waals surface area contributed by atoms with E-state index in [4.69, 9.17) is 9.15 Å². The molecule has 2 N–H and O–H groups in total. The summed E-state index contributed by atoms with van der Waals surface area (Å²) >= 11 is 1.46. The predicted octanol–water partition coefficient (Wildman–Crippen LogP) is 1.74. The second kappa shape index (κ2) is 7.55. The number of ether oxygens (including phenoxy) is 1. The summed E-state index contributed by atoms with van der Waals surface area (Å²) in [7, 11) is 0. The first kappa shape index (κ1) is 19.5. The minimum absolute atomic E-state index is 0.227. The number of piperidine rings is 1. The highest BCUT2D eigenvalue weighted by atomic mass is 32.1. The van der Waals surface area contributed by atoms with Gasteiger partial charge >= 0.3 is 0 Å². The first-order chi connectivity index (χ1) is 13.4. The third-order valence-corrected chi connectivity index (χ3v) is 6.59. The molecule has 9 heteroatoms. The van der Waals surface area contributed by atoms with Gasteiger partial charge in [-0.25, -0.2) is 9.36 Å². The number of aliphatic hydroxyl groups is 1. The van der Waals surface area contributed by atoms with E-state index in [1.165, 1.54) is 23.4 Å². The molecule has 0 radical (unpaired) electrons. The molecule has 28 heavy (non-hydrogen) atoms. The van der Waals surface area contributed by atoms with Gasteiger partial charge in [-0.2, -0.15) is 0 Å². The molecule has 2 aliphatic rings. The van der Waals surface area contributed by atoms with Gasteiger partial charge in [-0.1, -0.05) is 0 Å². The standard InChI is InChI=1S/C19H26N4O4S/c1-13-21-15(11-26-13)16(24)22-18(2)5-8-27-19(17(18)25)3-6-23(7-4-19)10-14-9-20-28-12-14/h9,11-12,17,25H,3-8,10H2,1-2H3,(H,22,24)/t17-,18+/m1/s1. The van der Waals surface area contributed by atoms with E-state index >= 15 is 0 Å². The number of nitrogens with one attached hydrogen (secondary N) is 1. The van der Waals surface area contributed by atoms with Crippen molar-refractivity contribution in [3.8, 4) is 0 Å². The fourth-order valence-corrected chi connectivity index (χ4v) is 4.78. The van der Waals surface area contributed by atoms with Gasteiger partial charge in [0.2, 0.25) is 0 Å². The van der Waals surface area contributed by atoms with Crippen LogP contribution >= 0.6 is 11.5 Å². The van der Waals surface area contributed by atoms with Gasteiger partial charge in [-0.15, -0.1) is 0 Å². The second-order valence-electron chi connectivity index (χ2n) is 8.00. The number of hydrogen-bond acceptors (Lipinski definition) is 8. The Balaban J connectivity index is 1.42. The monoisotopic (exact) mass is 406 g/mol. The Morgan fingerprint density at radius 2 is 2.21 bits per heavy atom. The molecule has 0 aliphatic carbocycles. The van der Waals surface area contributed by atoms with Crippen molar-refractivity contribution in [1.82, 2.24) is 19.6 Å². The van der Waals surface area contributed by atoms with Crippen LogP contribution in [-0.2, 0) is 11.3 Å². The average Bonchev–Trinajstić information content (AvgIpc) is 3.33. The second-order valence-corrected chi connectivity index (χ2v) is 8.66. The zero-order valence-electron chi connectivity index (χ0n) is 16.2. The summed E-state index contributed by atoms with van der Waals surface area (Å²) in [5.74, 6) is 0.102. The summed E-state index contributed by atoms with van der Waals surface area (Å²) in [6.45, 7) is 6.61. The van der Waals surface area contributed by atoms with Crippen molar-refractivity contribution in [3.05, 3.63) is 35.0 Å². The molecular formula is C19H26N4O4S. The van der Waals surface area contributed by atoms with E-state index in [2.05, 4.69) is 25.0 Å². The number of likely N-dealkylation sites (tertiary alicyclic amines) is 1. The fraction of sp³-hybridized carbons (Fsp3) is 0.632. The number of hydrogen-bond donors (Lipinski definition) is 2. The van der Waals surface area contributed by atoms with Crippen LogP contribution in [0.15, 0.2) is 22.3 Å². The molecule has 2 aliphatic heterocycles. The zero-order chi connectivity index (χ0) is 19.8. The molecule has 2 aromatic rings. The van der Waals surface area contributed by atoms with E-state index in [-0.39, 0.29) is 11.6 Å². The molecule has 152 valence electrons. The summed E-state index contributed by atoms with van der Waals surface area (Å²) in [6.07, 6.45) is 4.44. The summed E-state index contributed by atoms with van der Waals surface area (Å²) in [4.78, 5) is 19.0. The first-order valence-corrected chi connectivity index (χ1v) is 10.4. The molecule has 8 nitrogen and oxygen atoms in total. The van der Waals surface area contributed by atoms with E-state index in [9.17, 15) is 9.90 Å². The highest BCUT2D eigenvalue weighted by Crippen LogP contribution is 2.40. The van der Waals surface area contributed by atoms with Crippen molar-refractivity contribution >= 4 is 17.4 Å². The molecule has 0 unspecified atom stereocenters. The summed E-state index contributed by atoms with van der Waals surface area (Å²) in [5.41, 5.74) is 0.0298. The van der Waals surface area contributed by atoms with Crippen molar-refractivity contribution in [2.45, 2.75) is 56.9 Å². The number of aliphatic hydroxyl groups excluding tert-OH is 1. The molecule has 4 heterocycles. The Labute approximate surface area is 168 Å². The average molecular weight is 407 g/mol. The lowest BCUT2D eigenvalue weighted by Gasteiger charge is -2.53. The lowest BCUT2D eigenvalue weighted by molar-refractivity contribution is -0.205. The molecule has 0 aromatic carbocycles. The third kappa shape index (κ3) is 3.71. The summed E-state index contributed by atoms with van der Waals surface area (Å²) in [5, 5.41) is 16.3. The molecule has 0 saturated carbocycles. The summed E-state index contributed by atoms with van der Waals surface area (Å²) in [6, 6.07) is 0. The number of aryl methyl sites for hydroxylation is 1. The van der Waals surface area contributed by atoms with Crippen LogP contribution < -0.4 is 5.32 Å². The zero-order valence-corrected chi connectivity index (χ0v) is 17.0. The number of nitrogens with zero attached hydrogens (tertiary/aromatic N) is 3. The molecule has 2 fully saturated rings. The van der Waals surface area contributed by atoms with Crippen molar-refractivity contribution < 1.29 is 19.1 Å². The van der Waals surface area contributed by atoms with Crippen LogP contribution in [0.1, 0.15) is 48.1 Å². The quantitative estimate of drug-likeness (QED) is 0.798. The maximum atomic E-state index is 12.6. The Bertz CT molecular complexity index is 816. The van der Waals surface area contributed by atoms with Crippen molar-refractivity contribution in [3.63, 3.8) is 0 Å². The lowest BCUT2D eigenvalue weighted by atomic mass is 9.73. The van der Waals surface area contributed by atoms with Gasteiger partial charge in [0.05, 0.1) is 11.1 Å². The number of aromatic nitrogens is 2. The molecule has 2 aromatic heterocycles. The van der Waals surface area contributed by atoms with Gasteiger partial charge in [-0.05, 0) is 43.3 Å². The Hall–Kier alpha value is -1.81. The third-order valence-electron chi connectivity index (χ3n) is 5.96. The number of oxazole rings is 1.